The van der Waals surface area contributed by atoms with Crippen molar-refractivity contribution in [3.8, 4) is 5.75 Å². The van der Waals surface area contributed by atoms with Crippen molar-refractivity contribution in [2.45, 2.75) is 65.2 Å². The Kier molecular flexibility index (Phi) is 5.57. The summed E-state index contributed by atoms with van der Waals surface area (Å²) in [5, 5.41) is 19.3. The summed E-state index contributed by atoms with van der Waals surface area (Å²) in [6, 6.07) is 4.04. The third-order valence-electron chi connectivity index (χ3n) is 3.49. The minimum Gasteiger partial charge on any atom is -0.505 e. The third kappa shape index (κ3) is 4.85. The van der Waals surface area contributed by atoms with E-state index in [0.29, 0.717) is 18.5 Å². The topological polar surface area (TPSA) is 52.8 Å². The van der Waals surface area contributed by atoms with Gasteiger partial charge < -0.3 is 10.2 Å². The van der Waals surface area contributed by atoms with Crippen LogP contribution in [0.15, 0.2) is 17.1 Å². The minimum absolute atomic E-state index is 0.00304. The number of nitrogens with zero attached hydrogens (tertiary/aromatic N) is 1. The number of phenols is 1. The van der Waals surface area contributed by atoms with Gasteiger partial charge in [0.15, 0.2) is 0 Å². The van der Waals surface area contributed by atoms with Crippen LogP contribution in [0.1, 0.15) is 65.5 Å². The van der Waals surface area contributed by atoms with Crippen LogP contribution < -0.4 is 0 Å². The van der Waals surface area contributed by atoms with Crippen molar-refractivity contribution in [1.29, 1.82) is 0 Å². The summed E-state index contributed by atoms with van der Waals surface area (Å²) in [7, 11) is 0. The first-order valence-electron chi connectivity index (χ1n) is 7.58. The van der Waals surface area contributed by atoms with E-state index >= 15 is 0 Å². The Balaban J connectivity index is 3.32. The zero-order valence-corrected chi connectivity index (χ0v) is 14.2. The van der Waals surface area contributed by atoms with Gasteiger partial charge in [-0.1, -0.05) is 47.6 Å². The van der Waals surface area contributed by atoms with Crippen molar-refractivity contribution in [3.63, 3.8) is 0 Å². The fraction of sp³-hybridized carbons (Fsp3) is 0.611. The van der Waals surface area contributed by atoms with E-state index in [2.05, 4.69) is 52.6 Å². The Morgan fingerprint density at radius 3 is 2.14 bits per heavy atom. The number of hydrogen-bond acceptors (Lipinski definition) is 3. The fourth-order valence-corrected chi connectivity index (χ4v) is 2.07. The zero-order chi connectivity index (χ0) is 16.3. The second-order valence-corrected chi connectivity index (χ2v) is 7.57. The molecule has 0 saturated heterocycles. The number of aliphatic hydroxyl groups is 1. The molecule has 2 N–H and O–H groups in total. The van der Waals surface area contributed by atoms with E-state index in [-0.39, 0.29) is 23.2 Å². The first-order valence-corrected chi connectivity index (χ1v) is 7.58. The van der Waals surface area contributed by atoms with Gasteiger partial charge in [-0.2, -0.15) is 0 Å². The average Bonchev–Trinajstić information content (AvgIpc) is 2.33. The maximum Gasteiger partial charge on any atom is 0.144 e. The highest BCUT2D eigenvalue weighted by atomic mass is 16.3. The molecule has 0 radical (unpaired) electrons. The number of aromatic hydroxyl groups is 1. The molecule has 0 aliphatic heterocycles. The highest BCUT2D eigenvalue weighted by Crippen LogP contribution is 2.41. The van der Waals surface area contributed by atoms with E-state index in [0.717, 1.165) is 5.56 Å². The molecule has 0 spiro atoms. The van der Waals surface area contributed by atoms with Crippen molar-refractivity contribution >= 4 is 11.9 Å². The van der Waals surface area contributed by atoms with Crippen molar-refractivity contribution in [3.05, 3.63) is 23.3 Å². The van der Waals surface area contributed by atoms with Gasteiger partial charge in [-0.05, 0) is 35.3 Å². The van der Waals surface area contributed by atoms with Gasteiger partial charge >= 0.3 is 0 Å². The number of hydrogen-bond donors (Lipinski definition) is 2. The molecule has 0 bridgehead atoms. The van der Waals surface area contributed by atoms with E-state index in [9.17, 15) is 5.11 Å². The molecular formula is C18H29NO2. The lowest BCUT2D eigenvalue weighted by molar-refractivity contribution is 0.291. The van der Waals surface area contributed by atoms with Crippen LogP contribution in [0.3, 0.4) is 0 Å². The first-order chi connectivity index (χ1) is 9.57. The van der Waals surface area contributed by atoms with Crippen LogP contribution in [0.25, 0.3) is 0 Å². The second kappa shape index (κ2) is 6.61. The molecule has 3 nitrogen and oxygen atoms in total. The molecule has 0 aliphatic carbocycles. The molecule has 0 amide bonds. The van der Waals surface area contributed by atoms with E-state index < -0.39 is 0 Å². The second-order valence-electron chi connectivity index (χ2n) is 7.57. The molecule has 21 heavy (non-hydrogen) atoms. The summed E-state index contributed by atoms with van der Waals surface area (Å²) in [5.41, 5.74) is 2.57. The SMILES string of the molecule is CC(C)(C)c1cc(N=CCCCO)c(O)c(C(C)(C)C)c1. The van der Waals surface area contributed by atoms with Gasteiger partial charge in [-0.15, -0.1) is 0 Å². The van der Waals surface area contributed by atoms with Crippen molar-refractivity contribution in [2.75, 3.05) is 6.61 Å². The molecule has 118 valence electrons. The molecule has 1 aromatic carbocycles. The van der Waals surface area contributed by atoms with Crippen LogP contribution in [0.4, 0.5) is 5.69 Å². The Labute approximate surface area is 128 Å². The maximum absolute atomic E-state index is 10.5. The number of aliphatic hydroxyl groups excluding tert-OH is 1. The van der Waals surface area contributed by atoms with E-state index in [1.807, 2.05) is 6.07 Å². The first kappa shape index (κ1) is 17.7. The Morgan fingerprint density at radius 1 is 1.05 bits per heavy atom. The number of unbranched alkanes of at least 4 members (excludes halogenated alkanes) is 1. The molecule has 0 heterocycles. The van der Waals surface area contributed by atoms with Crippen LogP contribution in [0.2, 0.25) is 0 Å². The molecular weight excluding hydrogens is 262 g/mol. The maximum atomic E-state index is 10.5. The molecule has 0 aromatic heterocycles. The van der Waals surface area contributed by atoms with Gasteiger partial charge in [0.25, 0.3) is 0 Å². The van der Waals surface area contributed by atoms with Gasteiger partial charge in [0.1, 0.15) is 11.4 Å². The molecule has 0 atom stereocenters. The van der Waals surface area contributed by atoms with Gasteiger partial charge in [0.2, 0.25) is 0 Å². The number of phenolic OH excluding ortho intramolecular Hbond substituents is 1. The van der Waals surface area contributed by atoms with E-state index in [1.54, 1.807) is 6.21 Å². The molecule has 3 heteroatoms. The smallest absolute Gasteiger partial charge is 0.144 e. The quantitative estimate of drug-likeness (QED) is 0.635. The average molecular weight is 291 g/mol. The highest BCUT2D eigenvalue weighted by molar-refractivity contribution is 5.69. The van der Waals surface area contributed by atoms with Crippen LogP contribution in [0, 0.1) is 0 Å². The molecule has 0 aliphatic rings. The summed E-state index contributed by atoms with van der Waals surface area (Å²) in [4.78, 5) is 4.41. The third-order valence-corrected chi connectivity index (χ3v) is 3.49. The van der Waals surface area contributed by atoms with Crippen molar-refractivity contribution in [1.82, 2.24) is 0 Å². The van der Waals surface area contributed by atoms with Gasteiger partial charge in [-0.3, -0.25) is 4.99 Å². The normalized spacial score (nSPS) is 13.1. The lowest BCUT2D eigenvalue weighted by atomic mass is 9.80. The zero-order valence-electron chi connectivity index (χ0n) is 14.2. The van der Waals surface area contributed by atoms with Gasteiger partial charge in [-0.25, -0.2) is 0 Å². The predicted octanol–water partition coefficient (Wildman–Crippen LogP) is 4.46. The van der Waals surface area contributed by atoms with Crippen LogP contribution in [0.5, 0.6) is 5.75 Å². The van der Waals surface area contributed by atoms with Crippen LogP contribution >= 0.6 is 0 Å². The summed E-state index contributed by atoms with van der Waals surface area (Å²) in [5.74, 6) is 0.260. The molecule has 1 rings (SSSR count). The number of benzene rings is 1. The number of rotatable bonds is 4. The molecule has 0 saturated carbocycles. The largest absolute Gasteiger partial charge is 0.505 e. The predicted molar refractivity (Wildman–Crippen MR) is 90.0 cm³/mol. The van der Waals surface area contributed by atoms with Crippen LogP contribution in [-0.4, -0.2) is 23.0 Å². The minimum atomic E-state index is -0.138. The van der Waals surface area contributed by atoms with Crippen molar-refractivity contribution < 1.29 is 10.2 Å². The number of aliphatic imine (C=N–C) groups is 1. The lowest BCUT2D eigenvalue weighted by Gasteiger charge is -2.26. The Hall–Kier alpha value is -1.35. The Bertz CT molecular complexity index is 505. The van der Waals surface area contributed by atoms with E-state index in [4.69, 9.17) is 5.11 Å². The molecule has 0 fully saturated rings. The molecule has 1 aromatic rings. The van der Waals surface area contributed by atoms with Crippen LogP contribution in [-0.2, 0) is 10.8 Å². The summed E-state index contributed by atoms with van der Waals surface area (Å²) < 4.78 is 0. The summed E-state index contributed by atoms with van der Waals surface area (Å²) in [6.45, 7) is 12.9. The summed E-state index contributed by atoms with van der Waals surface area (Å²) >= 11 is 0. The van der Waals surface area contributed by atoms with Gasteiger partial charge in [0, 0.05) is 18.4 Å². The molecule has 0 unspecified atom stereocenters. The Morgan fingerprint density at radius 2 is 1.67 bits per heavy atom. The van der Waals surface area contributed by atoms with Gasteiger partial charge in [0.05, 0.1) is 0 Å². The van der Waals surface area contributed by atoms with Crippen molar-refractivity contribution in [2.24, 2.45) is 4.99 Å². The highest BCUT2D eigenvalue weighted by Gasteiger charge is 2.24. The lowest BCUT2D eigenvalue weighted by Crippen LogP contribution is -2.16. The monoisotopic (exact) mass is 291 g/mol. The van der Waals surface area contributed by atoms with E-state index in [1.165, 1.54) is 5.56 Å². The standard InChI is InChI=1S/C18H29NO2/c1-17(2,3)13-11-14(18(4,5)6)16(21)15(12-13)19-9-7-8-10-20/h9,11-12,20-21H,7-8,10H2,1-6H3. The fourth-order valence-electron chi connectivity index (χ4n) is 2.07. The summed E-state index contributed by atoms with van der Waals surface area (Å²) in [6.07, 6.45) is 3.17.